The third-order valence-electron chi connectivity index (χ3n) is 3.64. The molecule has 1 aromatic rings. The Bertz CT molecular complexity index is 590. The van der Waals surface area contributed by atoms with Crippen molar-refractivity contribution in [2.75, 3.05) is 26.8 Å². The Labute approximate surface area is 159 Å². The fourth-order valence-electron chi connectivity index (χ4n) is 2.40. The van der Waals surface area contributed by atoms with Gasteiger partial charge in [0.15, 0.2) is 5.96 Å². The highest BCUT2D eigenvalue weighted by Gasteiger charge is 2.33. The van der Waals surface area contributed by atoms with Crippen LogP contribution in [0.5, 0.6) is 5.75 Å². The molecule has 0 unspecified atom stereocenters. The minimum atomic E-state index is -4.45. The molecule has 0 aromatic heterocycles. The van der Waals surface area contributed by atoms with Gasteiger partial charge in [0.2, 0.25) is 0 Å². The van der Waals surface area contributed by atoms with E-state index in [1.54, 1.807) is 27.0 Å². The Kier molecular flexibility index (Phi) is 9.99. The predicted molar refractivity (Wildman–Crippen MR) is 101 cm³/mol. The van der Waals surface area contributed by atoms with Crippen LogP contribution in [0.3, 0.4) is 0 Å². The first-order valence-corrected chi connectivity index (χ1v) is 9.17. The molecule has 8 heteroatoms. The van der Waals surface area contributed by atoms with Crippen LogP contribution in [0.25, 0.3) is 0 Å². The van der Waals surface area contributed by atoms with E-state index in [0.29, 0.717) is 25.7 Å². The maximum absolute atomic E-state index is 13.4. The quantitative estimate of drug-likeness (QED) is 0.361. The van der Waals surface area contributed by atoms with Gasteiger partial charge in [-0.15, -0.1) is 0 Å². The summed E-state index contributed by atoms with van der Waals surface area (Å²) >= 11 is 0. The average Bonchev–Trinajstić information content (AvgIpc) is 2.60. The molecule has 1 rings (SSSR count). The largest absolute Gasteiger partial charge is 0.491 e. The van der Waals surface area contributed by atoms with Crippen LogP contribution in [0.15, 0.2) is 23.2 Å². The van der Waals surface area contributed by atoms with E-state index >= 15 is 0 Å². The van der Waals surface area contributed by atoms with Gasteiger partial charge in [-0.1, -0.05) is 6.07 Å². The molecule has 0 saturated carbocycles. The van der Waals surface area contributed by atoms with E-state index in [1.807, 2.05) is 6.92 Å². The maximum atomic E-state index is 13.4. The molecule has 27 heavy (non-hydrogen) atoms. The lowest BCUT2D eigenvalue weighted by atomic mass is 10.1. The van der Waals surface area contributed by atoms with Crippen LogP contribution in [-0.2, 0) is 17.5 Å². The van der Waals surface area contributed by atoms with Crippen LogP contribution in [-0.4, -0.2) is 38.9 Å². The monoisotopic (exact) mass is 389 g/mol. The van der Waals surface area contributed by atoms with Crippen molar-refractivity contribution >= 4 is 5.96 Å². The number of ether oxygens (including phenoxy) is 2. The summed E-state index contributed by atoms with van der Waals surface area (Å²) in [5.74, 6) is 0.667. The fraction of sp³-hybridized carbons (Fsp3) is 0.632. The minimum absolute atomic E-state index is 0.00935. The molecule has 2 N–H and O–H groups in total. The summed E-state index contributed by atoms with van der Waals surface area (Å²) in [6.07, 6.45) is -2.85. The van der Waals surface area contributed by atoms with Crippen LogP contribution < -0.4 is 15.4 Å². The number of hydrogen-bond acceptors (Lipinski definition) is 3. The highest BCUT2D eigenvalue weighted by atomic mass is 19.4. The number of guanidine groups is 1. The minimum Gasteiger partial charge on any atom is -0.491 e. The molecule has 0 heterocycles. The SMILES string of the molecule is CCOCCCCNC(=NC)NCc1ccc(OC(C)C)cc1C(F)(F)F. The van der Waals surface area contributed by atoms with Crippen LogP contribution >= 0.6 is 0 Å². The number of halogens is 3. The molecule has 0 amide bonds. The van der Waals surface area contributed by atoms with Gasteiger partial charge in [0.25, 0.3) is 0 Å². The Morgan fingerprint density at radius 2 is 1.93 bits per heavy atom. The summed E-state index contributed by atoms with van der Waals surface area (Å²) in [7, 11) is 1.58. The highest BCUT2D eigenvalue weighted by Crippen LogP contribution is 2.34. The molecule has 0 aliphatic rings. The van der Waals surface area contributed by atoms with Gasteiger partial charge in [0, 0.05) is 33.4 Å². The lowest BCUT2D eigenvalue weighted by molar-refractivity contribution is -0.138. The molecular weight excluding hydrogens is 359 g/mol. The van der Waals surface area contributed by atoms with Gasteiger partial charge in [-0.05, 0) is 51.3 Å². The molecule has 0 saturated heterocycles. The molecular formula is C19H30F3N3O2. The van der Waals surface area contributed by atoms with Crippen molar-refractivity contribution in [3.8, 4) is 5.75 Å². The number of hydrogen-bond donors (Lipinski definition) is 2. The van der Waals surface area contributed by atoms with E-state index in [-0.39, 0.29) is 24.0 Å². The molecule has 5 nitrogen and oxygen atoms in total. The lowest BCUT2D eigenvalue weighted by Gasteiger charge is -2.18. The number of benzene rings is 1. The van der Waals surface area contributed by atoms with Crippen LogP contribution in [0, 0.1) is 0 Å². The Hall–Kier alpha value is -1.96. The summed E-state index contributed by atoms with van der Waals surface area (Å²) in [6, 6.07) is 4.03. The van der Waals surface area contributed by atoms with Crippen molar-refractivity contribution in [2.24, 2.45) is 4.99 Å². The van der Waals surface area contributed by atoms with E-state index in [1.165, 1.54) is 6.07 Å². The van der Waals surface area contributed by atoms with Crippen molar-refractivity contribution in [3.63, 3.8) is 0 Å². The fourth-order valence-corrected chi connectivity index (χ4v) is 2.40. The van der Waals surface area contributed by atoms with Gasteiger partial charge < -0.3 is 20.1 Å². The first kappa shape index (κ1) is 23.1. The maximum Gasteiger partial charge on any atom is 0.416 e. The summed E-state index contributed by atoms with van der Waals surface area (Å²) in [5.41, 5.74) is -0.571. The van der Waals surface area contributed by atoms with Gasteiger partial charge in [-0.25, -0.2) is 0 Å². The average molecular weight is 389 g/mol. The van der Waals surface area contributed by atoms with Crippen LogP contribution in [0.1, 0.15) is 44.7 Å². The highest BCUT2D eigenvalue weighted by molar-refractivity contribution is 5.79. The molecule has 154 valence electrons. The van der Waals surface area contributed by atoms with Gasteiger partial charge >= 0.3 is 6.18 Å². The topological polar surface area (TPSA) is 54.9 Å². The van der Waals surface area contributed by atoms with Gasteiger partial charge in [-0.3, -0.25) is 4.99 Å². The Morgan fingerprint density at radius 1 is 1.19 bits per heavy atom. The summed E-state index contributed by atoms with van der Waals surface area (Å²) in [6.45, 7) is 7.55. The van der Waals surface area contributed by atoms with E-state index in [9.17, 15) is 13.2 Å². The normalized spacial score (nSPS) is 12.4. The predicted octanol–water partition coefficient (Wildman–Crippen LogP) is 3.97. The van der Waals surface area contributed by atoms with E-state index < -0.39 is 11.7 Å². The number of rotatable bonds is 10. The molecule has 0 aliphatic carbocycles. The number of nitrogens with zero attached hydrogens (tertiary/aromatic N) is 1. The van der Waals surface area contributed by atoms with Crippen molar-refractivity contribution < 1.29 is 22.6 Å². The molecule has 0 spiro atoms. The third kappa shape index (κ3) is 8.99. The number of alkyl halides is 3. The zero-order chi connectivity index (χ0) is 20.3. The third-order valence-corrected chi connectivity index (χ3v) is 3.64. The van der Waals surface area contributed by atoms with Crippen LogP contribution in [0.4, 0.5) is 13.2 Å². The second-order valence-corrected chi connectivity index (χ2v) is 6.24. The molecule has 0 bridgehead atoms. The molecule has 0 fully saturated rings. The zero-order valence-electron chi connectivity index (χ0n) is 16.4. The Morgan fingerprint density at radius 3 is 2.52 bits per heavy atom. The zero-order valence-corrected chi connectivity index (χ0v) is 16.4. The summed E-state index contributed by atoms with van der Waals surface area (Å²) < 4.78 is 50.8. The van der Waals surface area contributed by atoms with E-state index in [4.69, 9.17) is 9.47 Å². The van der Waals surface area contributed by atoms with Crippen molar-refractivity contribution in [1.82, 2.24) is 10.6 Å². The van der Waals surface area contributed by atoms with Gasteiger partial charge in [0.1, 0.15) is 5.75 Å². The first-order chi connectivity index (χ1) is 12.8. The van der Waals surface area contributed by atoms with Crippen molar-refractivity contribution in [2.45, 2.75) is 52.4 Å². The molecule has 0 aliphatic heterocycles. The van der Waals surface area contributed by atoms with Crippen molar-refractivity contribution in [1.29, 1.82) is 0 Å². The van der Waals surface area contributed by atoms with Gasteiger partial charge in [-0.2, -0.15) is 13.2 Å². The second-order valence-electron chi connectivity index (χ2n) is 6.24. The lowest BCUT2D eigenvalue weighted by Crippen LogP contribution is -2.37. The smallest absolute Gasteiger partial charge is 0.416 e. The standard InChI is InChI=1S/C19H30F3N3O2/c1-5-26-11-7-6-10-24-18(23-4)25-13-15-8-9-16(27-14(2)3)12-17(15)19(20,21)22/h8-9,12,14H,5-7,10-11,13H2,1-4H3,(H2,23,24,25). The Balaban J connectivity index is 2.65. The number of aliphatic imine (C=N–C) groups is 1. The number of nitrogens with one attached hydrogen (secondary N) is 2. The van der Waals surface area contributed by atoms with E-state index in [2.05, 4.69) is 15.6 Å². The molecule has 0 radical (unpaired) electrons. The van der Waals surface area contributed by atoms with Crippen molar-refractivity contribution in [3.05, 3.63) is 29.3 Å². The number of unbranched alkanes of at least 4 members (excludes halogenated alkanes) is 1. The summed E-state index contributed by atoms with van der Waals surface area (Å²) in [4.78, 5) is 4.04. The molecule has 1 aromatic carbocycles. The van der Waals surface area contributed by atoms with E-state index in [0.717, 1.165) is 18.9 Å². The van der Waals surface area contributed by atoms with Crippen LogP contribution in [0.2, 0.25) is 0 Å². The molecule has 0 atom stereocenters. The van der Waals surface area contributed by atoms with Gasteiger partial charge in [0.05, 0.1) is 11.7 Å². The first-order valence-electron chi connectivity index (χ1n) is 9.17. The second kappa shape index (κ2) is 11.7. The summed E-state index contributed by atoms with van der Waals surface area (Å²) in [5, 5.41) is 6.02.